The molecule has 0 aliphatic carbocycles. The van der Waals surface area contributed by atoms with Gasteiger partial charge in [0.05, 0.1) is 0 Å². The molecule has 1 amide bonds. The molecule has 1 N–H and O–H groups in total. The number of carbonyl (C=O) groups excluding carboxylic acids is 1. The van der Waals surface area contributed by atoms with Crippen molar-refractivity contribution in [3.05, 3.63) is 35.4 Å². The van der Waals surface area contributed by atoms with Crippen LogP contribution in [0.4, 0.5) is 0 Å². The van der Waals surface area contributed by atoms with Crippen LogP contribution >= 0.6 is 0 Å². The molecule has 98 valence electrons. The molecule has 2 rings (SSSR count). The van der Waals surface area contributed by atoms with Gasteiger partial charge in [0, 0.05) is 25.6 Å². The Labute approximate surface area is 109 Å². The first-order chi connectivity index (χ1) is 8.70. The van der Waals surface area contributed by atoms with Gasteiger partial charge >= 0.3 is 0 Å². The highest BCUT2D eigenvalue weighted by Gasteiger charge is 2.21. The number of benzene rings is 1. The van der Waals surface area contributed by atoms with E-state index in [1.54, 1.807) is 0 Å². The van der Waals surface area contributed by atoms with E-state index in [4.69, 9.17) is 0 Å². The number of rotatable bonds is 4. The smallest absolute Gasteiger partial charge is 0.224 e. The number of hydrogen-bond acceptors (Lipinski definition) is 2. The lowest BCUT2D eigenvalue weighted by atomic mass is 9.99. The highest BCUT2D eigenvalue weighted by molar-refractivity contribution is 5.77. The summed E-state index contributed by atoms with van der Waals surface area (Å²) in [5.41, 5.74) is 2.69. The maximum absolute atomic E-state index is 12.2. The Bertz CT molecular complexity index is 417. The van der Waals surface area contributed by atoms with Crippen LogP contribution in [-0.4, -0.2) is 29.9 Å². The van der Waals surface area contributed by atoms with Gasteiger partial charge in [-0.2, -0.15) is 0 Å². The molecule has 0 fully saturated rings. The van der Waals surface area contributed by atoms with E-state index < -0.39 is 0 Å². The first-order valence-corrected chi connectivity index (χ1v) is 6.78. The molecular weight excluding hydrogens is 224 g/mol. The molecule has 3 heteroatoms. The van der Waals surface area contributed by atoms with Crippen molar-refractivity contribution >= 4 is 5.91 Å². The Morgan fingerprint density at radius 1 is 1.39 bits per heavy atom. The molecule has 1 aromatic rings. The van der Waals surface area contributed by atoms with Crippen LogP contribution in [0.1, 0.15) is 31.4 Å². The molecule has 1 heterocycles. The van der Waals surface area contributed by atoms with E-state index >= 15 is 0 Å². The topological polar surface area (TPSA) is 32.3 Å². The summed E-state index contributed by atoms with van der Waals surface area (Å²) in [6.07, 6.45) is 1.58. The summed E-state index contributed by atoms with van der Waals surface area (Å²) >= 11 is 0. The summed E-state index contributed by atoms with van der Waals surface area (Å²) in [5.74, 6) is 0.262. The molecule has 3 nitrogen and oxygen atoms in total. The van der Waals surface area contributed by atoms with Gasteiger partial charge in [0.1, 0.15) is 0 Å². The van der Waals surface area contributed by atoms with E-state index in [2.05, 4.69) is 37.4 Å². The second kappa shape index (κ2) is 6.01. The zero-order chi connectivity index (χ0) is 13.0. The van der Waals surface area contributed by atoms with E-state index in [1.165, 1.54) is 11.1 Å². The third-order valence-corrected chi connectivity index (χ3v) is 3.52. The van der Waals surface area contributed by atoms with Crippen molar-refractivity contribution in [3.8, 4) is 0 Å². The maximum Gasteiger partial charge on any atom is 0.224 e. The number of nitrogens with zero attached hydrogens (tertiary/aromatic N) is 1. The third-order valence-electron chi connectivity index (χ3n) is 3.52. The van der Waals surface area contributed by atoms with Crippen LogP contribution in [0.5, 0.6) is 0 Å². The zero-order valence-corrected chi connectivity index (χ0v) is 11.3. The molecule has 0 saturated heterocycles. The number of hydrogen-bond donors (Lipinski definition) is 1. The number of fused-ring (bicyclic) bond motifs is 1. The van der Waals surface area contributed by atoms with Crippen LogP contribution in [0.15, 0.2) is 24.3 Å². The van der Waals surface area contributed by atoms with Crippen LogP contribution in [0.25, 0.3) is 0 Å². The van der Waals surface area contributed by atoms with Crippen molar-refractivity contribution < 1.29 is 4.79 Å². The van der Waals surface area contributed by atoms with Gasteiger partial charge in [-0.3, -0.25) is 4.79 Å². The van der Waals surface area contributed by atoms with E-state index in [1.807, 2.05) is 11.0 Å². The first-order valence-electron chi connectivity index (χ1n) is 6.78. The highest BCUT2D eigenvalue weighted by Crippen LogP contribution is 2.19. The fourth-order valence-corrected chi connectivity index (χ4v) is 2.52. The Morgan fingerprint density at radius 2 is 2.11 bits per heavy atom. The summed E-state index contributed by atoms with van der Waals surface area (Å²) in [4.78, 5) is 14.2. The number of carbonyl (C=O) groups is 1. The Kier molecular flexibility index (Phi) is 4.37. The van der Waals surface area contributed by atoms with Gasteiger partial charge in [-0.15, -0.1) is 0 Å². The summed E-state index contributed by atoms with van der Waals surface area (Å²) in [6, 6.07) is 8.68. The van der Waals surface area contributed by atoms with Gasteiger partial charge in [0.2, 0.25) is 5.91 Å². The number of amides is 1. The first kappa shape index (κ1) is 13.1. The largest absolute Gasteiger partial charge is 0.338 e. The van der Waals surface area contributed by atoms with Crippen molar-refractivity contribution in [2.75, 3.05) is 13.1 Å². The Hall–Kier alpha value is -1.35. The minimum absolute atomic E-state index is 0.262. The van der Waals surface area contributed by atoms with Crippen molar-refractivity contribution in [2.45, 2.75) is 39.3 Å². The summed E-state index contributed by atoms with van der Waals surface area (Å²) in [6.45, 7) is 6.68. The van der Waals surface area contributed by atoms with Crippen LogP contribution < -0.4 is 5.32 Å². The maximum atomic E-state index is 12.2. The van der Waals surface area contributed by atoms with Crippen molar-refractivity contribution in [3.63, 3.8) is 0 Å². The van der Waals surface area contributed by atoms with Crippen LogP contribution in [0, 0.1) is 0 Å². The second-order valence-corrected chi connectivity index (χ2v) is 5.00. The molecule has 1 aliphatic heterocycles. The van der Waals surface area contributed by atoms with Crippen LogP contribution in [-0.2, 0) is 17.8 Å². The molecule has 1 atom stereocenters. The number of nitrogens with one attached hydrogen (secondary N) is 1. The van der Waals surface area contributed by atoms with Crippen molar-refractivity contribution in [2.24, 2.45) is 0 Å². The fourth-order valence-electron chi connectivity index (χ4n) is 2.52. The summed E-state index contributed by atoms with van der Waals surface area (Å²) in [5, 5.41) is 3.29. The molecule has 0 radical (unpaired) electrons. The lowest BCUT2D eigenvalue weighted by molar-refractivity contribution is -0.132. The zero-order valence-electron chi connectivity index (χ0n) is 11.3. The molecular formula is C15H22N2O. The average Bonchev–Trinajstić information content (AvgIpc) is 2.38. The van der Waals surface area contributed by atoms with Gasteiger partial charge in [0.25, 0.3) is 0 Å². The lowest BCUT2D eigenvalue weighted by Gasteiger charge is -2.29. The predicted molar refractivity (Wildman–Crippen MR) is 73.3 cm³/mol. The lowest BCUT2D eigenvalue weighted by Crippen LogP contribution is -2.39. The van der Waals surface area contributed by atoms with E-state index in [9.17, 15) is 4.79 Å². The molecule has 0 aromatic heterocycles. The third kappa shape index (κ3) is 3.10. The molecule has 0 bridgehead atoms. The van der Waals surface area contributed by atoms with Crippen LogP contribution in [0.3, 0.4) is 0 Å². The highest BCUT2D eigenvalue weighted by atomic mass is 16.2. The Balaban J connectivity index is 1.94. The second-order valence-electron chi connectivity index (χ2n) is 5.00. The average molecular weight is 246 g/mol. The standard InChI is InChI=1S/C15H22N2O/c1-3-16-12(2)10-15(18)17-9-8-13-6-4-5-7-14(13)11-17/h4-7,12,16H,3,8-11H2,1-2H3. The quantitative estimate of drug-likeness (QED) is 0.881. The predicted octanol–water partition coefficient (Wildman–Crippen LogP) is 1.96. The van der Waals surface area contributed by atoms with E-state index in [-0.39, 0.29) is 11.9 Å². The van der Waals surface area contributed by atoms with E-state index in [0.717, 1.165) is 26.1 Å². The van der Waals surface area contributed by atoms with Gasteiger partial charge in [-0.05, 0) is 31.0 Å². The van der Waals surface area contributed by atoms with Gasteiger partial charge in [0.15, 0.2) is 0 Å². The normalized spacial score (nSPS) is 16.2. The fraction of sp³-hybridized carbons (Fsp3) is 0.533. The van der Waals surface area contributed by atoms with Gasteiger partial charge < -0.3 is 10.2 Å². The molecule has 0 spiro atoms. The van der Waals surface area contributed by atoms with E-state index in [0.29, 0.717) is 6.42 Å². The van der Waals surface area contributed by atoms with Gasteiger partial charge in [-0.1, -0.05) is 31.2 Å². The van der Waals surface area contributed by atoms with Gasteiger partial charge in [-0.25, -0.2) is 0 Å². The molecule has 1 aromatic carbocycles. The monoisotopic (exact) mass is 246 g/mol. The Morgan fingerprint density at radius 3 is 2.83 bits per heavy atom. The molecule has 18 heavy (non-hydrogen) atoms. The molecule has 0 saturated carbocycles. The minimum atomic E-state index is 0.262. The SMILES string of the molecule is CCNC(C)CC(=O)N1CCc2ccccc2C1. The van der Waals surface area contributed by atoms with Crippen LogP contribution in [0.2, 0.25) is 0 Å². The summed E-state index contributed by atoms with van der Waals surface area (Å²) < 4.78 is 0. The minimum Gasteiger partial charge on any atom is -0.338 e. The molecule has 1 unspecified atom stereocenters. The molecule has 1 aliphatic rings. The van der Waals surface area contributed by atoms with Crippen molar-refractivity contribution in [1.82, 2.24) is 10.2 Å². The summed E-state index contributed by atoms with van der Waals surface area (Å²) in [7, 11) is 0. The van der Waals surface area contributed by atoms with Crippen molar-refractivity contribution in [1.29, 1.82) is 0 Å².